The Hall–Kier alpha value is -2.64. The molecule has 6 nitrogen and oxygen atoms in total. The summed E-state index contributed by atoms with van der Waals surface area (Å²) in [6, 6.07) is 15.2. The number of nitrogens with one attached hydrogen (secondary N) is 1. The molecule has 0 radical (unpaired) electrons. The number of ether oxygens (including phenoxy) is 1. The average molecular weight is 479 g/mol. The number of carbonyl (C=O) groups excluding carboxylic acids is 1. The normalized spacial score (nSPS) is 19.6. The topological polar surface area (TPSA) is 49.7 Å². The molecule has 7 heteroatoms. The van der Waals surface area contributed by atoms with Crippen LogP contribution in [0.3, 0.4) is 0 Å². The van der Waals surface area contributed by atoms with Gasteiger partial charge in [-0.3, -0.25) is 0 Å². The minimum Gasteiger partial charge on any atom is -0.497 e. The van der Waals surface area contributed by atoms with E-state index in [0.29, 0.717) is 25.0 Å². The van der Waals surface area contributed by atoms with E-state index in [4.69, 9.17) is 4.74 Å². The molecule has 0 spiro atoms. The number of rotatable bonds is 6. The maximum atomic E-state index is 13.2. The van der Waals surface area contributed by atoms with E-state index in [9.17, 15) is 4.79 Å². The number of methoxy groups -OCH3 is 1. The van der Waals surface area contributed by atoms with Crippen LogP contribution in [0.1, 0.15) is 43.7 Å². The van der Waals surface area contributed by atoms with E-state index in [1.807, 2.05) is 35.6 Å². The zero-order chi connectivity index (χ0) is 23.8. The highest BCUT2D eigenvalue weighted by molar-refractivity contribution is 7.99. The highest BCUT2D eigenvalue weighted by Gasteiger charge is 2.38. The van der Waals surface area contributed by atoms with Crippen LogP contribution in [-0.2, 0) is 6.42 Å². The summed E-state index contributed by atoms with van der Waals surface area (Å²) in [5, 5.41) is 2.43. The summed E-state index contributed by atoms with van der Waals surface area (Å²) in [7, 11) is 3.95. The van der Waals surface area contributed by atoms with Crippen molar-refractivity contribution >= 4 is 28.7 Å². The van der Waals surface area contributed by atoms with Gasteiger partial charge in [0.05, 0.1) is 12.6 Å². The maximum absolute atomic E-state index is 13.2. The van der Waals surface area contributed by atoms with Crippen LogP contribution in [0.4, 0.5) is 4.79 Å². The van der Waals surface area contributed by atoms with Gasteiger partial charge in [-0.05, 0) is 88.2 Å². The van der Waals surface area contributed by atoms with Crippen LogP contribution in [0.5, 0.6) is 5.75 Å². The molecule has 2 heterocycles. The lowest BCUT2D eigenvalue weighted by Crippen LogP contribution is -2.44. The predicted molar refractivity (Wildman–Crippen MR) is 139 cm³/mol. The Morgan fingerprint density at radius 3 is 2.65 bits per heavy atom. The minimum absolute atomic E-state index is 0.0655. The lowest BCUT2D eigenvalue weighted by Gasteiger charge is -2.42. The number of benzene rings is 2. The van der Waals surface area contributed by atoms with E-state index in [1.165, 1.54) is 29.4 Å². The van der Waals surface area contributed by atoms with Crippen LogP contribution < -0.4 is 10.2 Å². The number of carbonyl (C=O) groups is 1. The summed E-state index contributed by atoms with van der Waals surface area (Å²) in [6.45, 7) is 6.53. The Bertz CT molecular complexity index is 1190. The van der Waals surface area contributed by atoms with Crippen molar-refractivity contribution < 1.29 is 9.53 Å². The Kier molecular flexibility index (Phi) is 6.49. The Morgan fingerprint density at radius 2 is 1.94 bits per heavy atom. The first-order valence-electron chi connectivity index (χ1n) is 12.3. The molecule has 1 aliphatic heterocycles. The van der Waals surface area contributed by atoms with Gasteiger partial charge in [-0.25, -0.2) is 14.9 Å². The predicted octanol–water partition coefficient (Wildman–Crippen LogP) is 5.54. The van der Waals surface area contributed by atoms with Gasteiger partial charge in [-0.1, -0.05) is 23.9 Å². The van der Waals surface area contributed by atoms with Crippen LogP contribution in [0.15, 0.2) is 52.4 Å². The lowest BCUT2D eigenvalue weighted by atomic mass is 9.75. The molecule has 0 saturated carbocycles. The molecule has 1 aliphatic carbocycles. The van der Waals surface area contributed by atoms with Crippen LogP contribution in [0.2, 0.25) is 0 Å². The molecule has 1 N–H and O–H groups in total. The van der Waals surface area contributed by atoms with Crippen molar-refractivity contribution in [2.75, 3.05) is 39.2 Å². The molecule has 180 valence electrons. The second-order valence-corrected chi connectivity index (χ2v) is 10.3. The molecule has 1 fully saturated rings. The van der Waals surface area contributed by atoms with Gasteiger partial charge in [0.15, 0.2) is 0 Å². The van der Waals surface area contributed by atoms with Crippen LogP contribution in [-0.4, -0.2) is 60.3 Å². The molecule has 2 amide bonds. The highest BCUT2D eigenvalue weighted by atomic mass is 32.2. The smallest absolute Gasteiger partial charge is 0.336 e. The molecule has 1 saturated heterocycles. The summed E-state index contributed by atoms with van der Waals surface area (Å²) in [5.41, 5.74) is 7.12. The van der Waals surface area contributed by atoms with Gasteiger partial charge >= 0.3 is 6.03 Å². The third-order valence-electron chi connectivity index (χ3n) is 7.48. The molecule has 2 atom stereocenters. The summed E-state index contributed by atoms with van der Waals surface area (Å²) < 4.78 is 7.40. The highest BCUT2D eigenvalue weighted by Crippen LogP contribution is 2.48. The number of urea groups is 1. The number of hydrogen-bond donors (Lipinski definition) is 1. The number of likely N-dealkylation sites (tertiary alicyclic amines) is 1. The fourth-order valence-corrected chi connectivity index (χ4v) is 6.71. The molecular formula is C27H34N4O2S. The van der Waals surface area contributed by atoms with Crippen molar-refractivity contribution in [1.29, 1.82) is 0 Å². The van der Waals surface area contributed by atoms with Crippen LogP contribution in [0, 0.1) is 0 Å². The van der Waals surface area contributed by atoms with Gasteiger partial charge in [-0.15, -0.1) is 0 Å². The van der Waals surface area contributed by atoms with E-state index in [1.54, 1.807) is 18.9 Å². The molecule has 1 aromatic heterocycles. The molecular weight excluding hydrogens is 444 g/mol. The number of likely N-dealkylation sites (N-methyl/N-ethyl adjacent to an activating group) is 1. The molecule has 0 unspecified atom stereocenters. The average Bonchev–Trinajstić information content (AvgIpc) is 3.14. The lowest BCUT2D eigenvalue weighted by molar-refractivity contribution is 0.156. The van der Waals surface area contributed by atoms with E-state index in [2.05, 4.69) is 47.7 Å². The molecule has 0 bridgehead atoms. The fraction of sp³-hybridized carbons (Fsp3) is 0.444. The summed E-state index contributed by atoms with van der Waals surface area (Å²) in [6.07, 6.45) is 3.46. The second-order valence-electron chi connectivity index (χ2n) is 9.23. The van der Waals surface area contributed by atoms with E-state index >= 15 is 0 Å². The summed E-state index contributed by atoms with van der Waals surface area (Å²) in [4.78, 5) is 18.6. The number of nitrogens with zero attached hydrogens (tertiary/aromatic N) is 3. The molecule has 34 heavy (non-hydrogen) atoms. The van der Waals surface area contributed by atoms with Crippen LogP contribution in [0.25, 0.3) is 10.9 Å². The number of piperidine rings is 1. The van der Waals surface area contributed by atoms with Crippen molar-refractivity contribution in [2.24, 2.45) is 0 Å². The van der Waals surface area contributed by atoms with Gasteiger partial charge in [-0.2, -0.15) is 0 Å². The molecule has 3 aromatic rings. The third-order valence-corrected chi connectivity index (χ3v) is 8.61. The molecule has 2 aromatic carbocycles. The van der Waals surface area contributed by atoms with Crippen molar-refractivity contribution in [3.8, 4) is 5.75 Å². The maximum Gasteiger partial charge on any atom is 0.336 e. The van der Waals surface area contributed by atoms with Gasteiger partial charge in [0.25, 0.3) is 0 Å². The Balaban J connectivity index is 1.65. The number of fused-ring (bicyclic) bond motifs is 2. The van der Waals surface area contributed by atoms with Gasteiger partial charge in [0, 0.05) is 35.3 Å². The van der Waals surface area contributed by atoms with Crippen molar-refractivity contribution in [3.63, 3.8) is 0 Å². The number of hydrogen-bond acceptors (Lipinski definition) is 4. The first-order valence-corrected chi connectivity index (χ1v) is 13.1. The fourth-order valence-electron chi connectivity index (χ4n) is 5.67. The van der Waals surface area contributed by atoms with E-state index in [-0.39, 0.29) is 6.03 Å². The van der Waals surface area contributed by atoms with E-state index in [0.717, 1.165) is 34.2 Å². The monoisotopic (exact) mass is 478 g/mol. The largest absolute Gasteiger partial charge is 0.497 e. The number of aromatic nitrogens is 1. The minimum atomic E-state index is -0.0655. The summed E-state index contributed by atoms with van der Waals surface area (Å²) >= 11 is 1.72. The van der Waals surface area contributed by atoms with E-state index < -0.39 is 0 Å². The molecule has 2 aliphatic rings. The quantitative estimate of drug-likeness (QED) is 0.505. The second kappa shape index (κ2) is 9.55. The SMILES string of the molecule is CCN(CC)C(=O)Nn1c(Sc2ccc(OC)cc2)c2c3c(cccc31)[C@H]1CCCN(C)[C@@H]1C2. The van der Waals surface area contributed by atoms with Gasteiger partial charge in [0.1, 0.15) is 10.8 Å². The van der Waals surface area contributed by atoms with Crippen LogP contribution >= 0.6 is 11.8 Å². The first-order chi connectivity index (χ1) is 16.5. The van der Waals surface area contributed by atoms with Crippen molar-refractivity contribution in [1.82, 2.24) is 14.5 Å². The number of amides is 2. The van der Waals surface area contributed by atoms with Crippen molar-refractivity contribution in [3.05, 3.63) is 53.6 Å². The van der Waals surface area contributed by atoms with Crippen molar-refractivity contribution in [2.45, 2.75) is 55.0 Å². The zero-order valence-corrected chi connectivity index (χ0v) is 21.3. The Labute approximate surface area is 206 Å². The van der Waals surface area contributed by atoms with Gasteiger partial charge < -0.3 is 14.5 Å². The zero-order valence-electron chi connectivity index (χ0n) is 20.5. The van der Waals surface area contributed by atoms with Gasteiger partial charge in [0.2, 0.25) is 0 Å². The Morgan fingerprint density at radius 1 is 1.18 bits per heavy atom. The third kappa shape index (κ3) is 3.95. The summed E-state index contributed by atoms with van der Waals surface area (Å²) in [5.74, 6) is 1.39. The first kappa shape index (κ1) is 23.1. The molecule has 5 rings (SSSR count). The standard InChI is InChI=1S/C27H34N4O2S/c1-5-30(6-2)27(32)28-31-23-11-7-9-21-20-10-8-16-29(3)24(20)17-22(25(21)23)26(31)34-19-14-12-18(33-4)13-15-19/h7,9,11-15,20,24H,5-6,8,10,16-17H2,1-4H3,(H,28,32)/t20-,24-/m1/s1.